The number of esters is 2. The molecule has 2 aromatic carbocycles. The number of methoxy groups -OCH3 is 2. The van der Waals surface area contributed by atoms with Crippen molar-refractivity contribution in [1.29, 1.82) is 0 Å². The molecule has 0 amide bonds. The second-order valence-electron chi connectivity index (χ2n) is 7.04. The minimum Gasteiger partial charge on any atom is -0.465 e. The smallest absolute Gasteiger partial charge is 0.357 e. The van der Waals surface area contributed by atoms with Gasteiger partial charge in [0.05, 0.1) is 30.5 Å². The van der Waals surface area contributed by atoms with Crippen molar-refractivity contribution in [3.63, 3.8) is 0 Å². The number of aromatic nitrogens is 3. The Labute approximate surface area is 193 Å². The fourth-order valence-electron chi connectivity index (χ4n) is 3.42. The summed E-state index contributed by atoms with van der Waals surface area (Å²) in [6.45, 7) is 0. The molecule has 4 aromatic rings. The lowest BCUT2D eigenvalue weighted by Gasteiger charge is -2.07. The lowest BCUT2D eigenvalue weighted by atomic mass is 10.0. The molecule has 2 aromatic heterocycles. The molecule has 34 heavy (non-hydrogen) atoms. The largest absolute Gasteiger partial charge is 0.465 e. The Kier molecular flexibility index (Phi) is 6.13. The fourth-order valence-corrected chi connectivity index (χ4v) is 3.42. The molecule has 0 unspecified atom stereocenters. The summed E-state index contributed by atoms with van der Waals surface area (Å²) in [4.78, 5) is 39.8. The maximum Gasteiger partial charge on any atom is 0.357 e. The van der Waals surface area contributed by atoms with Crippen LogP contribution in [0, 0.1) is 10.1 Å². The van der Waals surface area contributed by atoms with Crippen LogP contribution in [-0.2, 0) is 9.47 Å². The van der Waals surface area contributed by atoms with Gasteiger partial charge < -0.3 is 9.47 Å². The van der Waals surface area contributed by atoms with Crippen LogP contribution in [0.3, 0.4) is 0 Å². The van der Waals surface area contributed by atoms with Crippen LogP contribution in [0.1, 0.15) is 20.8 Å². The van der Waals surface area contributed by atoms with Gasteiger partial charge in [-0.15, -0.1) is 0 Å². The van der Waals surface area contributed by atoms with E-state index in [0.29, 0.717) is 22.5 Å². The molecule has 0 aliphatic heterocycles. The molecule has 10 nitrogen and oxygen atoms in total. The predicted molar refractivity (Wildman–Crippen MR) is 122 cm³/mol. The van der Waals surface area contributed by atoms with E-state index in [1.807, 2.05) is 6.07 Å². The van der Waals surface area contributed by atoms with Gasteiger partial charge in [0.1, 0.15) is 17.5 Å². The van der Waals surface area contributed by atoms with E-state index >= 15 is 0 Å². The van der Waals surface area contributed by atoms with E-state index < -0.39 is 16.9 Å². The maximum absolute atomic E-state index is 12.7. The number of carbonyl (C=O) groups excluding carboxylic acids is 2. The van der Waals surface area contributed by atoms with E-state index in [-0.39, 0.29) is 22.6 Å². The molecule has 10 heteroatoms. The average molecular weight is 458 g/mol. The topological polar surface area (TPSA) is 126 Å². The van der Waals surface area contributed by atoms with Gasteiger partial charge in [0.25, 0.3) is 5.69 Å². The van der Waals surface area contributed by atoms with Crippen molar-refractivity contribution in [3.8, 4) is 28.2 Å². The standard InChI is InChI=1S/C24H18N4O6/c1-33-23(29)20-21(26-27(22(20)24(30)34-2)17-6-4-3-5-7-17)16-10-8-15(9-11-16)19-13-12-18(14-25-19)28(31)32/h3-14H,1-2H3. The monoisotopic (exact) mass is 458 g/mol. The van der Waals surface area contributed by atoms with E-state index in [1.54, 1.807) is 54.6 Å². The first-order valence-corrected chi connectivity index (χ1v) is 10.0. The van der Waals surface area contributed by atoms with Crippen LogP contribution < -0.4 is 0 Å². The summed E-state index contributed by atoms with van der Waals surface area (Å²) < 4.78 is 11.2. The van der Waals surface area contributed by atoms with Gasteiger partial charge in [-0.1, -0.05) is 42.5 Å². The van der Waals surface area contributed by atoms with Gasteiger partial charge in [-0.3, -0.25) is 10.1 Å². The van der Waals surface area contributed by atoms with Gasteiger partial charge in [0, 0.05) is 17.2 Å². The van der Waals surface area contributed by atoms with E-state index in [1.165, 1.54) is 31.2 Å². The fraction of sp³-hybridized carbons (Fsp3) is 0.0833. The van der Waals surface area contributed by atoms with Crippen LogP contribution >= 0.6 is 0 Å². The Morgan fingerprint density at radius 3 is 2.09 bits per heavy atom. The molecule has 0 saturated heterocycles. The Morgan fingerprint density at radius 1 is 0.882 bits per heavy atom. The Balaban J connectivity index is 1.83. The van der Waals surface area contributed by atoms with Crippen molar-refractivity contribution in [1.82, 2.24) is 14.8 Å². The summed E-state index contributed by atoms with van der Waals surface area (Å²) in [6.07, 6.45) is 1.18. The molecule has 0 radical (unpaired) electrons. The van der Waals surface area contributed by atoms with Crippen molar-refractivity contribution in [2.75, 3.05) is 14.2 Å². The number of ether oxygens (including phenoxy) is 2. The Hall–Kier alpha value is -4.86. The van der Waals surface area contributed by atoms with Crippen molar-refractivity contribution >= 4 is 17.6 Å². The van der Waals surface area contributed by atoms with Crippen molar-refractivity contribution < 1.29 is 24.0 Å². The minimum atomic E-state index is -0.741. The highest BCUT2D eigenvalue weighted by Crippen LogP contribution is 2.31. The first kappa shape index (κ1) is 22.3. The number of rotatable bonds is 6. The number of benzene rings is 2. The second kappa shape index (κ2) is 9.33. The number of hydrogen-bond acceptors (Lipinski definition) is 8. The van der Waals surface area contributed by atoms with Crippen LogP contribution in [0.2, 0.25) is 0 Å². The molecular weight excluding hydrogens is 440 g/mol. The van der Waals surface area contributed by atoms with Crippen LogP contribution in [0.25, 0.3) is 28.2 Å². The highest BCUT2D eigenvalue weighted by Gasteiger charge is 2.31. The van der Waals surface area contributed by atoms with Crippen LogP contribution in [0.4, 0.5) is 5.69 Å². The van der Waals surface area contributed by atoms with Gasteiger partial charge in [-0.25, -0.2) is 19.3 Å². The molecule has 0 saturated carbocycles. The van der Waals surface area contributed by atoms with Gasteiger partial charge in [0.2, 0.25) is 0 Å². The third-order valence-corrected chi connectivity index (χ3v) is 5.07. The normalized spacial score (nSPS) is 10.5. The van der Waals surface area contributed by atoms with Crippen LogP contribution in [0.15, 0.2) is 72.9 Å². The number of carbonyl (C=O) groups is 2. The third kappa shape index (κ3) is 4.11. The summed E-state index contributed by atoms with van der Waals surface area (Å²) in [7, 11) is 2.44. The summed E-state index contributed by atoms with van der Waals surface area (Å²) in [6, 6.07) is 18.7. The number of hydrogen-bond donors (Lipinski definition) is 0. The van der Waals surface area contributed by atoms with Crippen molar-refractivity contribution in [2.24, 2.45) is 0 Å². The molecular formula is C24H18N4O6. The number of nitrogens with zero attached hydrogens (tertiary/aromatic N) is 4. The van der Waals surface area contributed by atoms with Gasteiger partial charge >= 0.3 is 11.9 Å². The zero-order chi connectivity index (χ0) is 24.2. The van der Waals surface area contributed by atoms with E-state index in [4.69, 9.17) is 9.47 Å². The predicted octanol–water partition coefficient (Wildman–Crippen LogP) is 4.08. The number of para-hydroxylation sites is 1. The molecule has 0 spiro atoms. The molecule has 0 N–H and O–H groups in total. The number of pyridine rings is 1. The lowest BCUT2D eigenvalue weighted by Crippen LogP contribution is -2.15. The molecule has 4 rings (SSSR count). The first-order chi connectivity index (χ1) is 16.4. The molecule has 0 aliphatic carbocycles. The summed E-state index contributed by atoms with van der Waals surface area (Å²) in [5, 5.41) is 15.4. The second-order valence-corrected chi connectivity index (χ2v) is 7.04. The molecule has 0 atom stereocenters. The highest BCUT2D eigenvalue weighted by molar-refractivity contribution is 6.06. The van der Waals surface area contributed by atoms with Crippen LogP contribution in [0.5, 0.6) is 0 Å². The highest BCUT2D eigenvalue weighted by atomic mass is 16.6. The minimum absolute atomic E-state index is 0.0283. The Morgan fingerprint density at radius 2 is 1.53 bits per heavy atom. The molecule has 0 bridgehead atoms. The SMILES string of the molecule is COC(=O)c1c(-c2ccc(-c3ccc([N+](=O)[O-])cn3)cc2)nn(-c2ccccc2)c1C(=O)OC. The van der Waals surface area contributed by atoms with Gasteiger partial charge in [0.15, 0.2) is 5.69 Å². The third-order valence-electron chi connectivity index (χ3n) is 5.07. The Bertz CT molecular complexity index is 1360. The lowest BCUT2D eigenvalue weighted by molar-refractivity contribution is -0.385. The van der Waals surface area contributed by atoms with Crippen LogP contribution in [-0.4, -0.2) is 45.8 Å². The molecule has 170 valence electrons. The zero-order valence-electron chi connectivity index (χ0n) is 18.2. The summed E-state index contributed by atoms with van der Waals surface area (Å²) in [5.74, 6) is -1.48. The summed E-state index contributed by atoms with van der Waals surface area (Å²) >= 11 is 0. The van der Waals surface area contributed by atoms with E-state index in [2.05, 4.69) is 10.1 Å². The average Bonchev–Trinajstić information content (AvgIpc) is 3.29. The zero-order valence-corrected chi connectivity index (χ0v) is 18.2. The van der Waals surface area contributed by atoms with Crippen molar-refractivity contribution in [2.45, 2.75) is 0 Å². The van der Waals surface area contributed by atoms with Gasteiger partial charge in [-0.05, 0) is 18.2 Å². The summed E-state index contributed by atoms with van der Waals surface area (Å²) in [5.41, 5.74) is 2.39. The quantitative estimate of drug-likeness (QED) is 0.240. The van der Waals surface area contributed by atoms with E-state index in [0.717, 1.165) is 0 Å². The van der Waals surface area contributed by atoms with Gasteiger partial charge in [-0.2, -0.15) is 5.10 Å². The van der Waals surface area contributed by atoms with Crippen molar-refractivity contribution in [3.05, 3.63) is 94.3 Å². The first-order valence-electron chi connectivity index (χ1n) is 10.0. The molecule has 0 aliphatic rings. The maximum atomic E-state index is 12.7. The molecule has 2 heterocycles. The molecule has 0 fully saturated rings. The number of nitro groups is 1. The van der Waals surface area contributed by atoms with E-state index in [9.17, 15) is 19.7 Å².